The van der Waals surface area contributed by atoms with E-state index in [4.69, 9.17) is 19.9 Å². The van der Waals surface area contributed by atoms with Gasteiger partial charge in [-0.1, -0.05) is 12.1 Å². The third-order valence-electron chi connectivity index (χ3n) is 7.10. The zero-order valence-electron chi connectivity index (χ0n) is 23.9. The molecule has 2 amide bonds. The number of carbonyl (C=O) groups excluding carboxylic acids is 2. The summed E-state index contributed by atoms with van der Waals surface area (Å²) in [6.07, 6.45) is 5.91. The third-order valence-corrected chi connectivity index (χ3v) is 7.10. The van der Waals surface area contributed by atoms with Crippen molar-refractivity contribution < 1.29 is 28.9 Å². The third kappa shape index (κ3) is 6.80. The first-order valence-electron chi connectivity index (χ1n) is 13.8. The van der Waals surface area contributed by atoms with Crippen molar-refractivity contribution in [3.63, 3.8) is 0 Å². The van der Waals surface area contributed by atoms with E-state index in [2.05, 4.69) is 15.4 Å². The molecule has 5 rings (SSSR count). The highest BCUT2D eigenvalue weighted by atomic mass is 16.5. The summed E-state index contributed by atoms with van der Waals surface area (Å²) >= 11 is 0. The normalized spacial score (nSPS) is 17.0. The number of hydrogen-bond donors (Lipinski definition) is 3. The summed E-state index contributed by atoms with van der Waals surface area (Å²) in [6.45, 7) is 3.46. The number of nitrogens with one attached hydrogen (secondary N) is 1. The minimum atomic E-state index is -0.962. The first-order chi connectivity index (χ1) is 20.1. The summed E-state index contributed by atoms with van der Waals surface area (Å²) in [5, 5.41) is 17.3. The number of fused-ring (bicyclic) bond motifs is 1. The molecule has 0 atom stereocenters. The summed E-state index contributed by atoms with van der Waals surface area (Å²) in [4.78, 5) is 29.7. The van der Waals surface area contributed by atoms with Crippen molar-refractivity contribution >= 4 is 17.3 Å². The van der Waals surface area contributed by atoms with Crippen LogP contribution in [0.4, 0.5) is 0 Å². The molecule has 0 unspecified atom stereocenters. The molecule has 220 valence electrons. The highest BCUT2D eigenvalue weighted by Crippen LogP contribution is 2.31. The molecule has 0 bridgehead atoms. The van der Waals surface area contributed by atoms with Crippen LogP contribution in [0.25, 0.3) is 16.8 Å². The Morgan fingerprint density at radius 3 is 2.60 bits per heavy atom. The van der Waals surface area contributed by atoms with E-state index in [9.17, 15) is 14.7 Å². The van der Waals surface area contributed by atoms with E-state index >= 15 is 0 Å². The smallest absolute Gasteiger partial charge is 0.255 e. The molecule has 0 aliphatic heterocycles. The molecule has 3 aromatic heterocycles. The maximum atomic E-state index is 13.1. The average molecular weight is 574 g/mol. The number of amides is 2. The Kier molecular flexibility index (Phi) is 8.30. The number of aliphatic hydroxyl groups is 1. The molecular formula is C31H35N5O6. The quantitative estimate of drug-likeness (QED) is 0.259. The Bertz CT molecular complexity index is 1590. The van der Waals surface area contributed by atoms with Gasteiger partial charge in [-0.3, -0.25) is 9.59 Å². The summed E-state index contributed by atoms with van der Waals surface area (Å²) < 4.78 is 18.7. The van der Waals surface area contributed by atoms with Gasteiger partial charge in [0.25, 0.3) is 11.8 Å². The van der Waals surface area contributed by atoms with Gasteiger partial charge >= 0.3 is 0 Å². The lowest BCUT2D eigenvalue weighted by molar-refractivity contribution is 0.0283. The molecule has 4 aromatic rings. The van der Waals surface area contributed by atoms with Crippen LogP contribution in [0.1, 0.15) is 60.2 Å². The Labute approximate surface area is 243 Å². The molecular weight excluding hydrogens is 538 g/mol. The van der Waals surface area contributed by atoms with E-state index in [1.165, 1.54) is 6.20 Å². The summed E-state index contributed by atoms with van der Waals surface area (Å²) in [5.74, 6) is 0.672. The van der Waals surface area contributed by atoms with Crippen LogP contribution in [-0.4, -0.2) is 63.0 Å². The lowest BCUT2D eigenvalue weighted by Crippen LogP contribution is -2.39. The van der Waals surface area contributed by atoms with Crippen molar-refractivity contribution in [2.45, 2.75) is 57.3 Å². The van der Waals surface area contributed by atoms with Crippen LogP contribution in [0.15, 0.2) is 60.9 Å². The Morgan fingerprint density at radius 1 is 1.10 bits per heavy atom. The molecule has 0 radical (unpaired) electrons. The van der Waals surface area contributed by atoms with Crippen LogP contribution in [-0.2, 0) is 0 Å². The molecule has 1 aromatic carbocycles. The van der Waals surface area contributed by atoms with Gasteiger partial charge in [-0.25, -0.2) is 9.50 Å². The van der Waals surface area contributed by atoms with Crippen molar-refractivity contribution in [3.8, 4) is 28.6 Å². The van der Waals surface area contributed by atoms with Gasteiger partial charge in [-0.05, 0) is 69.9 Å². The maximum Gasteiger partial charge on any atom is 0.255 e. The van der Waals surface area contributed by atoms with E-state index in [1.54, 1.807) is 68.1 Å². The number of hydrogen-bond acceptors (Lipinski definition) is 8. The fourth-order valence-electron chi connectivity index (χ4n) is 4.93. The number of carbonyl (C=O) groups is 2. The van der Waals surface area contributed by atoms with E-state index in [0.717, 1.165) is 5.56 Å². The maximum absolute atomic E-state index is 13.1. The second-order valence-electron chi connectivity index (χ2n) is 11.1. The van der Waals surface area contributed by atoms with Crippen LogP contribution in [0.5, 0.6) is 17.4 Å². The van der Waals surface area contributed by atoms with Gasteiger partial charge in [0.15, 0.2) is 0 Å². The Hall–Kier alpha value is -4.64. The Balaban J connectivity index is 1.20. The second-order valence-corrected chi connectivity index (χ2v) is 11.1. The molecule has 11 heteroatoms. The van der Waals surface area contributed by atoms with Gasteiger partial charge in [-0.2, -0.15) is 5.10 Å². The number of primary amides is 1. The fourth-order valence-corrected chi connectivity index (χ4v) is 4.93. The molecule has 0 saturated heterocycles. The van der Waals surface area contributed by atoms with Gasteiger partial charge in [-0.15, -0.1) is 0 Å². The largest absolute Gasteiger partial charge is 0.490 e. The standard InChI is InChI=1S/C31H35N5O6/c1-31(2,39)18-41-22-12-14-26-24(16-33-36(26)17-22)30(38)34-20-8-10-21(11-9-20)42-27-15-19(7-13-23(27)29(32)37)25-5-4-6-28(35-25)40-3/h4-7,12-17,20-21,39H,8-11,18H2,1-3H3,(H2,32,37)(H,34,38). The first kappa shape index (κ1) is 28.9. The molecule has 42 heavy (non-hydrogen) atoms. The van der Waals surface area contributed by atoms with Gasteiger partial charge < -0.3 is 30.4 Å². The monoisotopic (exact) mass is 573 g/mol. The van der Waals surface area contributed by atoms with E-state index in [0.29, 0.717) is 65.4 Å². The van der Waals surface area contributed by atoms with Gasteiger partial charge in [0.1, 0.15) is 18.1 Å². The number of aromatic nitrogens is 3. The number of nitrogens with two attached hydrogens (primary N) is 1. The zero-order valence-corrected chi connectivity index (χ0v) is 23.9. The zero-order chi connectivity index (χ0) is 29.9. The highest BCUT2D eigenvalue weighted by Gasteiger charge is 2.26. The molecule has 1 aliphatic carbocycles. The molecule has 11 nitrogen and oxygen atoms in total. The number of methoxy groups -OCH3 is 1. The lowest BCUT2D eigenvalue weighted by Gasteiger charge is -2.30. The van der Waals surface area contributed by atoms with E-state index in [-0.39, 0.29) is 24.7 Å². The second kappa shape index (κ2) is 12.1. The number of pyridine rings is 2. The van der Waals surface area contributed by atoms with Crippen LogP contribution >= 0.6 is 0 Å². The van der Waals surface area contributed by atoms with Crippen LogP contribution in [0, 0.1) is 0 Å². The molecule has 0 spiro atoms. The topological polar surface area (TPSA) is 150 Å². The number of rotatable bonds is 10. The summed E-state index contributed by atoms with van der Waals surface area (Å²) in [6, 6.07) is 14.2. The number of ether oxygens (including phenoxy) is 3. The average Bonchev–Trinajstić information content (AvgIpc) is 3.40. The van der Waals surface area contributed by atoms with Crippen molar-refractivity contribution in [2.75, 3.05) is 13.7 Å². The lowest BCUT2D eigenvalue weighted by atomic mass is 9.92. The first-order valence-corrected chi connectivity index (χ1v) is 13.8. The van der Waals surface area contributed by atoms with Gasteiger partial charge in [0.2, 0.25) is 5.88 Å². The Morgan fingerprint density at radius 2 is 1.88 bits per heavy atom. The molecule has 3 heterocycles. The molecule has 4 N–H and O–H groups in total. The van der Waals surface area contributed by atoms with E-state index < -0.39 is 11.5 Å². The summed E-state index contributed by atoms with van der Waals surface area (Å²) in [5.41, 5.74) is 7.56. The van der Waals surface area contributed by atoms with Crippen LogP contribution in [0.2, 0.25) is 0 Å². The highest BCUT2D eigenvalue weighted by molar-refractivity contribution is 6.00. The van der Waals surface area contributed by atoms with Crippen molar-refractivity contribution in [2.24, 2.45) is 5.73 Å². The predicted molar refractivity (Wildman–Crippen MR) is 156 cm³/mol. The van der Waals surface area contributed by atoms with E-state index in [1.807, 2.05) is 12.1 Å². The van der Waals surface area contributed by atoms with Crippen LogP contribution in [0.3, 0.4) is 0 Å². The summed E-state index contributed by atoms with van der Waals surface area (Å²) in [7, 11) is 1.56. The van der Waals surface area contributed by atoms with Gasteiger partial charge in [0.05, 0.1) is 53.5 Å². The number of nitrogens with zero attached hydrogens (tertiary/aromatic N) is 3. The van der Waals surface area contributed by atoms with Gasteiger partial charge in [0, 0.05) is 17.7 Å². The molecule has 1 fully saturated rings. The van der Waals surface area contributed by atoms with Crippen molar-refractivity contribution in [1.29, 1.82) is 0 Å². The predicted octanol–water partition coefficient (Wildman–Crippen LogP) is 3.77. The number of benzene rings is 1. The SMILES string of the molecule is COc1cccc(-c2ccc(C(N)=O)c(OC3CCC(NC(=O)c4cnn5cc(OCC(C)(C)O)ccc45)CC3)c2)n1. The van der Waals surface area contributed by atoms with Crippen molar-refractivity contribution in [3.05, 3.63) is 72.1 Å². The van der Waals surface area contributed by atoms with Crippen LogP contribution < -0.4 is 25.3 Å². The fraction of sp³-hybridized carbons (Fsp3) is 0.355. The molecule has 1 aliphatic rings. The van der Waals surface area contributed by atoms with Crippen molar-refractivity contribution in [1.82, 2.24) is 19.9 Å². The minimum Gasteiger partial charge on any atom is -0.490 e. The minimum absolute atomic E-state index is 0.0235. The molecule has 1 saturated carbocycles.